The number of aryl methyl sites for hydroxylation is 1. The van der Waals surface area contributed by atoms with E-state index in [-0.39, 0.29) is 23.1 Å². The van der Waals surface area contributed by atoms with Gasteiger partial charge in [0.15, 0.2) is 5.16 Å². The molecule has 1 N–H and O–H groups in total. The van der Waals surface area contributed by atoms with Gasteiger partial charge >= 0.3 is 0 Å². The number of hydrogen-bond acceptors (Lipinski definition) is 6. The van der Waals surface area contributed by atoms with Gasteiger partial charge in [0.25, 0.3) is 5.69 Å². The first-order valence-electron chi connectivity index (χ1n) is 8.83. The van der Waals surface area contributed by atoms with E-state index in [2.05, 4.69) is 21.8 Å². The van der Waals surface area contributed by atoms with Crippen molar-refractivity contribution >= 4 is 51.7 Å². The molecule has 3 aromatic rings. The highest BCUT2D eigenvalue weighted by atomic mass is 35.5. The van der Waals surface area contributed by atoms with Gasteiger partial charge in [-0.05, 0) is 30.7 Å². The molecular weight excluding hydrogens is 416 g/mol. The number of carbonyl (C=O) groups excluding carboxylic acids is 1. The molecule has 0 fully saturated rings. The fourth-order valence-corrected chi connectivity index (χ4v) is 3.85. The zero-order valence-electron chi connectivity index (χ0n) is 15.8. The molecule has 0 aliphatic rings. The smallest absolute Gasteiger partial charge is 0.273 e. The number of non-ortho nitro benzene ring substituents is 1. The highest BCUT2D eigenvalue weighted by Crippen LogP contribution is 2.30. The number of nitro groups is 1. The van der Waals surface area contributed by atoms with Crippen molar-refractivity contribution < 1.29 is 14.5 Å². The van der Waals surface area contributed by atoms with Crippen molar-refractivity contribution in [3.05, 3.63) is 51.5 Å². The average Bonchev–Trinajstić information content (AvgIpc) is 3.03. The summed E-state index contributed by atoms with van der Waals surface area (Å²) in [6.45, 7) is 2.85. The van der Waals surface area contributed by atoms with Gasteiger partial charge in [-0.2, -0.15) is 0 Å². The van der Waals surface area contributed by atoms with E-state index in [1.54, 1.807) is 6.07 Å². The second kappa shape index (κ2) is 9.15. The second-order valence-corrected chi connectivity index (χ2v) is 7.54. The zero-order chi connectivity index (χ0) is 21.0. The summed E-state index contributed by atoms with van der Waals surface area (Å²) in [5.74, 6) is 0.0849. The molecule has 0 saturated carbocycles. The molecule has 0 aliphatic heterocycles. The van der Waals surface area contributed by atoms with Crippen molar-refractivity contribution in [1.82, 2.24) is 9.55 Å². The summed E-state index contributed by atoms with van der Waals surface area (Å²) < 4.78 is 7.21. The molecule has 1 amide bonds. The monoisotopic (exact) mass is 434 g/mol. The summed E-state index contributed by atoms with van der Waals surface area (Å²) in [5.41, 5.74) is 2.01. The van der Waals surface area contributed by atoms with E-state index in [0.717, 1.165) is 29.2 Å². The van der Waals surface area contributed by atoms with E-state index < -0.39 is 4.92 Å². The van der Waals surface area contributed by atoms with Crippen LogP contribution in [-0.2, 0) is 11.3 Å². The van der Waals surface area contributed by atoms with Crippen LogP contribution in [0.4, 0.5) is 11.4 Å². The lowest BCUT2D eigenvalue weighted by atomic mass is 10.2. The maximum atomic E-state index is 12.4. The number of aromatic nitrogens is 2. The number of methoxy groups -OCH3 is 1. The number of nitrogens with one attached hydrogen (secondary N) is 1. The number of imidazole rings is 1. The van der Waals surface area contributed by atoms with E-state index in [1.165, 1.54) is 37.1 Å². The number of hydrogen-bond donors (Lipinski definition) is 1. The van der Waals surface area contributed by atoms with E-state index in [0.29, 0.717) is 10.7 Å². The van der Waals surface area contributed by atoms with Crippen molar-refractivity contribution in [2.75, 3.05) is 18.2 Å². The van der Waals surface area contributed by atoms with Crippen LogP contribution in [0.2, 0.25) is 5.02 Å². The largest absolute Gasteiger partial charge is 0.494 e. The molecular formula is C19H19ClN4O4S. The Bertz CT molecular complexity index is 1070. The Hall–Kier alpha value is -2.78. The van der Waals surface area contributed by atoms with E-state index in [4.69, 9.17) is 16.3 Å². The number of rotatable bonds is 8. The third-order valence-corrected chi connectivity index (χ3v) is 5.34. The molecule has 10 heteroatoms. The van der Waals surface area contributed by atoms with Crippen LogP contribution in [0, 0.1) is 10.1 Å². The lowest BCUT2D eigenvalue weighted by Gasteiger charge is -2.10. The van der Waals surface area contributed by atoms with Crippen LogP contribution in [0.5, 0.6) is 5.75 Å². The number of ether oxygens (including phenoxy) is 1. The van der Waals surface area contributed by atoms with Gasteiger partial charge in [0.1, 0.15) is 5.75 Å². The Morgan fingerprint density at radius 3 is 2.83 bits per heavy atom. The number of carbonyl (C=O) groups is 1. The van der Waals surface area contributed by atoms with Gasteiger partial charge in [0.05, 0.1) is 40.6 Å². The maximum absolute atomic E-state index is 12.4. The Balaban J connectivity index is 1.74. The molecule has 1 heterocycles. The van der Waals surface area contributed by atoms with Crippen LogP contribution >= 0.6 is 23.4 Å². The Morgan fingerprint density at radius 1 is 1.34 bits per heavy atom. The van der Waals surface area contributed by atoms with Crippen molar-refractivity contribution in [1.29, 1.82) is 0 Å². The van der Waals surface area contributed by atoms with Gasteiger partial charge in [-0.3, -0.25) is 14.9 Å². The van der Waals surface area contributed by atoms with E-state index in [9.17, 15) is 14.9 Å². The first-order chi connectivity index (χ1) is 13.9. The standard InChI is InChI=1S/C19H19ClN4O4S/c1-3-8-23-16-7-4-12(20)9-15(16)22-19(23)29-11-18(25)21-14-6-5-13(24(26)27)10-17(14)28-2/h4-7,9-10H,3,8,11H2,1-2H3,(H,21,25). The van der Waals surface area contributed by atoms with Gasteiger partial charge in [-0.15, -0.1) is 0 Å². The number of benzene rings is 2. The topological polar surface area (TPSA) is 99.3 Å². The minimum Gasteiger partial charge on any atom is -0.494 e. The van der Waals surface area contributed by atoms with Crippen LogP contribution in [0.1, 0.15) is 13.3 Å². The summed E-state index contributed by atoms with van der Waals surface area (Å²) in [4.78, 5) is 27.4. The Kier molecular flexibility index (Phi) is 6.60. The van der Waals surface area contributed by atoms with Gasteiger partial charge in [-0.25, -0.2) is 4.98 Å². The summed E-state index contributed by atoms with van der Waals surface area (Å²) in [6.07, 6.45) is 0.924. The van der Waals surface area contributed by atoms with Crippen LogP contribution < -0.4 is 10.1 Å². The molecule has 2 aromatic carbocycles. The molecule has 0 radical (unpaired) electrons. The average molecular weight is 435 g/mol. The molecule has 8 nitrogen and oxygen atoms in total. The fraction of sp³-hybridized carbons (Fsp3) is 0.263. The highest BCUT2D eigenvalue weighted by Gasteiger charge is 2.16. The SMILES string of the molecule is CCCn1c(SCC(=O)Nc2ccc([N+](=O)[O-])cc2OC)nc2cc(Cl)ccc21. The first kappa shape index (κ1) is 20.9. The van der Waals surface area contributed by atoms with Crippen molar-refractivity contribution in [2.24, 2.45) is 0 Å². The molecule has 0 saturated heterocycles. The first-order valence-corrected chi connectivity index (χ1v) is 10.2. The number of amides is 1. The minimum absolute atomic E-state index is 0.110. The predicted octanol–water partition coefficient (Wildman–Crippen LogP) is 4.75. The van der Waals surface area contributed by atoms with E-state index in [1.807, 2.05) is 12.1 Å². The number of halogens is 1. The lowest BCUT2D eigenvalue weighted by molar-refractivity contribution is -0.384. The van der Waals surface area contributed by atoms with Crippen LogP contribution in [0.15, 0.2) is 41.6 Å². The molecule has 0 atom stereocenters. The molecule has 0 aliphatic carbocycles. The second-order valence-electron chi connectivity index (χ2n) is 6.16. The van der Waals surface area contributed by atoms with Crippen molar-refractivity contribution in [2.45, 2.75) is 25.0 Å². The summed E-state index contributed by atoms with van der Waals surface area (Å²) in [6, 6.07) is 9.58. The Morgan fingerprint density at radius 2 is 2.14 bits per heavy atom. The summed E-state index contributed by atoms with van der Waals surface area (Å²) in [5, 5.41) is 15.0. The third-order valence-electron chi connectivity index (χ3n) is 4.12. The molecule has 0 unspecified atom stereocenters. The number of fused-ring (bicyclic) bond motifs is 1. The minimum atomic E-state index is -0.519. The number of thioether (sulfide) groups is 1. The maximum Gasteiger partial charge on any atom is 0.273 e. The molecule has 0 bridgehead atoms. The normalized spacial score (nSPS) is 10.9. The van der Waals surface area contributed by atoms with Gasteiger partial charge in [0, 0.05) is 17.6 Å². The summed E-state index contributed by atoms with van der Waals surface area (Å²) >= 11 is 7.38. The number of nitro benzene ring substituents is 1. The molecule has 0 spiro atoms. The zero-order valence-corrected chi connectivity index (χ0v) is 17.4. The predicted molar refractivity (Wildman–Crippen MR) is 114 cm³/mol. The quantitative estimate of drug-likeness (QED) is 0.312. The highest BCUT2D eigenvalue weighted by molar-refractivity contribution is 7.99. The number of anilines is 1. The lowest BCUT2D eigenvalue weighted by Crippen LogP contribution is -2.15. The summed E-state index contributed by atoms with van der Waals surface area (Å²) in [7, 11) is 1.39. The van der Waals surface area contributed by atoms with Gasteiger partial charge in [0.2, 0.25) is 5.91 Å². The molecule has 152 valence electrons. The van der Waals surface area contributed by atoms with Gasteiger partial charge < -0.3 is 14.6 Å². The van der Waals surface area contributed by atoms with Crippen LogP contribution in [0.3, 0.4) is 0 Å². The molecule has 1 aromatic heterocycles. The van der Waals surface area contributed by atoms with Crippen molar-refractivity contribution in [3.63, 3.8) is 0 Å². The Labute approximate surface area is 176 Å². The molecule has 3 rings (SSSR count). The fourth-order valence-electron chi connectivity index (χ4n) is 2.84. The van der Waals surface area contributed by atoms with Crippen molar-refractivity contribution in [3.8, 4) is 5.75 Å². The van der Waals surface area contributed by atoms with Crippen LogP contribution in [0.25, 0.3) is 11.0 Å². The van der Waals surface area contributed by atoms with Crippen LogP contribution in [-0.4, -0.2) is 33.2 Å². The van der Waals surface area contributed by atoms with E-state index >= 15 is 0 Å². The third kappa shape index (κ3) is 4.80. The van der Waals surface area contributed by atoms with Gasteiger partial charge in [-0.1, -0.05) is 30.3 Å². The number of nitrogens with zero attached hydrogens (tertiary/aromatic N) is 3. The molecule has 29 heavy (non-hydrogen) atoms.